The third kappa shape index (κ3) is 9.68. The molecule has 28 heavy (non-hydrogen) atoms. The van der Waals surface area contributed by atoms with Gasteiger partial charge < -0.3 is 29.6 Å². The zero-order chi connectivity index (χ0) is 20.1. The van der Waals surface area contributed by atoms with E-state index in [4.69, 9.17) is 18.9 Å². The molecule has 0 aliphatic rings. The van der Waals surface area contributed by atoms with Crippen molar-refractivity contribution < 1.29 is 18.9 Å². The largest absolute Gasteiger partial charge is 0.493 e. The van der Waals surface area contributed by atoms with E-state index in [1.807, 2.05) is 19.1 Å². The number of halogens is 1. The fraction of sp³-hybridized carbons (Fsp3) is 0.650. The van der Waals surface area contributed by atoms with Crippen molar-refractivity contribution in [3.63, 3.8) is 0 Å². The average molecular weight is 509 g/mol. The maximum atomic E-state index is 5.60. The Balaban J connectivity index is 0.00000729. The summed E-state index contributed by atoms with van der Waals surface area (Å²) in [6, 6.07) is 3.82. The Kier molecular flexibility index (Phi) is 14.7. The van der Waals surface area contributed by atoms with Crippen molar-refractivity contribution in [3.8, 4) is 17.2 Å². The van der Waals surface area contributed by atoms with Crippen LogP contribution in [0.15, 0.2) is 17.1 Å². The third-order valence-corrected chi connectivity index (χ3v) is 3.70. The van der Waals surface area contributed by atoms with Crippen LogP contribution in [0.5, 0.6) is 17.2 Å². The van der Waals surface area contributed by atoms with E-state index in [1.54, 1.807) is 21.3 Å². The van der Waals surface area contributed by atoms with Gasteiger partial charge in [0, 0.05) is 26.3 Å². The molecule has 0 radical (unpaired) electrons. The standard InChI is InChI=1S/C20H35N3O4.HI/c1-7-21-20(22-9-8-10-27-14-15(2)3)23-13-16-11-17(24-4)19(26-6)18(12-16)25-5;/h11-12,15H,7-10,13-14H2,1-6H3,(H2,21,22,23);1H. The number of rotatable bonds is 12. The first kappa shape index (κ1) is 26.6. The lowest BCUT2D eigenvalue weighted by atomic mass is 10.2. The topological polar surface area (TPSA) is 73.3 Å². The van der Waals surface area contributed by atoms with Crippen molar-refractivity contribution in [3.05, 3.63) is 17.7 Å². The molecule has 0 spiro atoms. The zero-order valence-electron chi connectivity index (χ0n) is 18.0. The molecule has 0 saturated carbocycles. The molecule has 162 valence electrons. The second kappa shape index (κ2) is 15.5. The molecule has 0 aromatic heterocycles. The third-order valence-electron chi connectivity index (χ3n) is 3.70. The molecule has 0 aliphatic heterocycles. The van der Waals surface area contributed by atoms with E-state index in [2.05, 4.69) is 29.5 Å². The van der Waals surface area contributed by atoms with Gasteiger partial charge in [-0.05, 0) is 37.0 Å². The lowest BCUT2D eigenvalue weighted by Crippen LogP contribution is -2.38. The number of nitrogens with zero attached hydrogens (tertiary/aromatic N) is 1. The molecule has 1 aromatic carbocycles. The number of benzene rings is 1. The van der Waals surface area contributed by atoms with E-state index in [0.29, 0.717) is 29.7 Å². The van der Waals surface area contributed by atoms with E-state index in [0.717, 1.165) is 44.2 Å². The Bertz CT molecular complexity index is 558. The van der Waals surface area contributed by atoms with Crippen LogP contribution in [0, 0.1) is 5.92 Å². The molecule has 0 bridgehead atoms. The van der Waals surface area contributed by atoms with Crippen LogP contribution in [-0.4, -0.2) is 53.6 Å². The smallest absolute Gasteiger partial charge is 0.203 e. The number of nitrogens with one attached hydrogen (secondary N) is 2. The summed E-state index contributed by atoms with van der Waals surface area (Å²) in [6.45, 7) is 9.99. The fourth-order valence-corrected chi connectivity index (χ4v) is 2.44. The lowest BCUT2D eigenvalue weighted by Gasteiger charge is -2.14. The molecule has 0 fully saturated rings. The predicted octanol–water partition coefficient (Wildman–Crippen LogP) is 3.45. The van der Waals surface area contributed by atoms with Gasteiger partial charge in [-0.25, -0.2) is 4.99 Å². The lowest BCUT2D eigenvalue weighted by molar-refractivity contribution is 0.108. The summed E-state index contributed by atoms with van der Waals surface area (Å²) in [7, 11) is 4.81. The van der Waals surface area contributed by atoms with Crippen molar-refractivity contribution in [1.82, 2.24) is 10.6 Å². The van der Waals surface area contributed by atoms with Crippen LogP contribution >= 0.6 is 24.0 Å². The SMILES string of the molecule is CCNC(=NCc1cc(OC)c(OC)c(OC)c1)NCCCOCC(C)C.I. The molecular formula is C20H36IN3O4. The Labute approximate surface area is 186 Å². The highest BCUT2D eigenvalue weighted by Gasteiger charge is 2.13. The van der Waals surface area contributed by atoms with Crippen molar-refractivity contribution in [2.45, 2.75) is 33.7 Å². The van der Waals surface area contributed by atoms with Gasteiger partial charge in [-0.2, -0.15) is 0 Å². The zero-order valence-corrected chi connectivity index (χ0v) is 20.3. The minimum absolute atomic E-state index is 0. The van der Waals surface area contributed by atoms with Crippen molar-refractivity contribution >= 4 is 29.9 Å². The first-order valence-electron chi connectivity index (χ1n) is 9.44. The highest BCUT2D eigenvalue weighted by Crippen LogP contribution is 2.38. The normalized spacial score (nSPS) is 11.0. The average Bonchev–Trinajstić information content (AvgIpc) is 2.67. The molecule has 0 saturated heterocycles. The van der Waals surface area contributed by atoms with Crippen molar-refractivity contribution in [2.24, 2.45) is 10.9 Å². The Hall–Kier alpha value is -1.42. The molecule has 2 N–H and O–H groups in total. The van der Waals surface area contributed by atoms with Crippen LogP contribution in [0.2, 0.25) is 0 Å². The summed E-state index contributed by atoms with van der Waals surface area (Å²) in [5, 5.41) is 6.58. The Morgan fingerprint density at radius 1 is 1.04 bits per heavy atom. The second-order valence-electron chi connectivity index (χ2n) is 6.48. The first-order valence-corrected chi connectivity index (χ1v) is 9.44. The first-order chi connectivity index (χ1) is 13.0. The van der Waals surface area contributed by atoms with E-state index in [1.165, 1.54) is 0 Å². The minimum atomic E-state index is 0. The van der Waals surface area contributed by atoms with E-state index < -0.39 is 0 Å². The summed E-state index contributed by atoms with van der Waals surface area (Å²) < 4.78 is 21.7. The second-order valence-corrected chi connectivity index (χ2v) is 6.48. The molecule has 1 aromatic rings. The maximum Gasteiger partial charge on any atom is 0.203 e. The number of methoxy groups -OCH3 is 3. The number of hydrogen-bond donors (Lipinski definition) is 2. The van der Waals surface area contributed by atoms with Gasteiger partial charge in [0.05, 0.1) is 27.9 Å². The van der Waals surface area contributed by atoms with Crippen LogP contribution < -0.4 is 24.8 Å². The number of hydrogen-bond acceptors (Lipinski definition) is 5. The van der Waals surface area contributed by atoms with E-state index in [9.17, 15) is 0 Å². The van der Waals surface area contributed by atoms with Crippen LogP contribution in [0.4, 0.5) is 0 Å². The molecule has 0 amide bonds. The molecule has 0 heterocycles. The molecule has 1 rings (SSSR count). The highest BCUT2D eigenvalue weighted by atomic mass is 127. The van der Waals surface area contributed by atoms with E-state index in [-0.39, 0.29) is 24.0 Å². The Morgan fingerprint density at radius 2 is 1.68 bits per heavy atom. The molecule has 0 atom stereocenters. The van der Waals surface area contributed by atoms with Crippen molar-refractivity contribution in [1.29, 1.82) is 0 Å². The summed E-state index contributed by atoms with van der Waals surface area (Å²) >= 11 is 0. The summed E-state index contributed by atoms with van der Waals surface area (Å²) in [5.41, 5.74) is 0.974. The van der Waals surface area contributed by atoms with Gasteiger partial charge in [-0.3, -0.25) is 0 Å². The summed E-state index contributed by atoms with van der Waals surface area (Å²) in [5.74, 6) is 3.18. The van der Waals surface area contributed by atoms with Gasteiger partial charge in [0.1, 0.15) is 0 Å². The van der Waals surface area contributed by atoms with Gasteiger partial charge in [-0.15, -0.1) is 24.0 Å². The van der Waals surface area contributed by atoms with Crippen LogP contribution in [0.1, 0.15) is 32.8 Å². The molecular weight excluding hydrogens is 473 g/mol. The van der Waals surface area contributed by atoms with E-state index >= 15 is 0 Å². The van der Waals surface area contributed by atoms with Gasteiger partial charge >= 0.3 is 0 Å². The van der Waals surface area contributed by atoms with Crippen molar-refractivity contribution in [2.75, 3.05) is 47.6 Å². The molecule has 8 heteroatoms. The van der Waals surface area contributed by atoms with Crippen LogP contribution in [0.3, 0.4) is 0 Å². The molecule has 0 aliphatic carbocycles. The maximum absolute atomic E-state index is 5.60. The predicted molar refractivity (Wildman–Crippen MR) is 125 cm³/mol. The number of guanidine groups is 1. The summed E-state index contributed by atoms with van der Waals surface area (Å²) in [6.07, 6.45) is 0.932. The van der Waals surface area contributed by atoms with Gasteiger partial charge in [0.2, 0.25) is 5.75 Å². The van der Waals surface area contributed by atoms with Gasteiger partial charge in [-0.1, -0.05) is 13.8 Å². The molecule has 0 unspecified atom stereocenters. The Morgan fingerprint density at radius 3 is 2.18 bits per heavy atom. The van der Waals surface area contributed by atoms with Gasteiger partial charge in [0.25, 0.3) is 0 Å². The minimum Gasteiger partial charge on any atom is -0.493 e. The number of ether oxygens (including phenoxy) is 4. The summed E-state index contributed by atoms with van der Waals surface area (Å²) in [4.78, 5) is 4.64. The van der Waals surface area contributed by atoms with Crippen LogP contribution in [-0.2, 0) is 11.3 Å². The monoisotopic (exact) mass is 509 g/mol. The molecule has 7 nitrogen and oxygen atoms in total. The highest BCUT2D eigenvalue weighted by molar-refractivity contribution is 14.0. The van der Waals surface area contributed by atoms with Crippen LogP contribution in [0.25, 0.3) is 0 Å². The fourth-order valence-electron chi connectivity index (χ4n) is 2.44. The van der Waals surface area contributed by atoms with Gasteiger partial charge in [0.15, 0.2) is 17.5 Å². The number of aliphatic imine (C=N–C) groups is 1. The quantitative estimate of drug-likeness (QED) is 0.195.